The molecule has 3 amide bonds. The highest BCUT2D eigenvalue weighted by Gasteiger charge is 2.41. The maximum Gasteiger partial charge on any atom is 0.408 e. The zero-order valence-electron chi connectivity index (χ0n) is 19.1. The third-order valence-electron chi connectivity index (χ3n) is 5.74. The van der Waals surface area contributed by atoms with Gasteiger partial charge in [-0.3, -0.25) is 15.0 Å². The highest BCUT2D eigenvalue weighted by atomic mass is 19.4. The Kier molecular flexibility index (Phi) is 7.12. The number of carbonyl (C=O) groups excluding carboxylic acids is 2. The number of fused-ring (bicyclic) bond motifs is 4. The summed E-state index contributed by atoms with van der Waals surface area (Å²) in [5.74, 6) is -0.700. The van der Waals surface area contributed by atoms with Crippen LogP contribution in [-0.2, 0) is 0 Å². The van der Waals surface area contributed by atoms with Gasteiger partial charge in [0.15, 0.2) is 11.6 Å². The number of nitrogens with zero attached hydrogens (tertiary/aromatic N) is 5. The van der Waals surface area contributed by atoms with Crippen LogP contribution < -0.4 is 25.2 Å². The molecule has 12 nitrogen and oxygen atoms in total. The second-order valence-electron chi connectivity index (χ2n) is 8.35. The topological polar surface area (TPSA) is 153 Å². The Bertz CT molecular complexity index is 1120. The summed E-state index contributed by atoms with van der Waals surface area (Å²) in [7, 11) is 0. The van der Waals surface area contributed by atoms with Crippen molar-refractivity contribution in [3.63, 3.8) is 0 Å². The van der Waals surface area contributed by atoms with Crippen LogP contribution in [-0.4, -0.2) is 87.8 Å². The van der Waals surface area contributed by atoms with Crippen LogP contribution in [0, 0.1) is 0 Å². The van der Waals surface area contributed by atoms with Gasteiger partial charge >= 0.3 is 12.2 Å². The van der Waals surface area contributed by atoms with Gasteiger partial charge in [0.2, 0.25) is 5.88 Å². The molecule has 15 heteroatoms. The molecule has 2 aliphatic heterocycles. The molecule has 2 aliphatic rings. The molecule has 2 bridgehead atoms. The fourth-order valence-electron chi connectivity index (χ4n) is 3.81. The predicted molar refractivity (Wildman–Crippen MR) is 120 cm³/mol. The summed E-state index contributed by atoms with van der Waals surface area (Å²) < 4.78 is 43.8. The summed E-state index contributed by atoms with van der Waals surface area (Å²) in [6.45, 7) is 1.34. The van der Waals surface area contributed by atoms with Gasteiger partial charge in [0.25, 0.3) is 5.91 Å². The minimum atomic E-state index is -4.61. The SMILES string of the molecule is CC(NC(=O)c1ccc2c(n1)N(C(=O)Nc1cnc(OCC(O)CO)cn1)[C@H]1CCN2C1)C(F)(F)F. The van der Waals surface area contributed by atoms with Crippen molar-refractivity contribution in [3.8, 4) is 5.88 Å². The smallest absolute Gasteiger partial charge is 0.408 e. The normalized spacial score (nSPS) is 18.3. The number of nitrogens with one attached hydrogen (secondary N) is 2. The molecule has 4 heterocycles. The number of hydrogen-bond donors (Lipinski definition) is 4. The summed E-state index contributed by atoms with van der Waals surface area (Å²) in [6, 6.07) is -0.0590. The Morgan fingerprint density at radius 1 is 1.28 bits per heavy atom. The number of hydrogen-bond acceptors (Lipinski definition) is 9. The molecule has 4 rings (SSSR count). The van der Waals surface area contributed by atoms with E-state index < -0.39 is 36.9 Å². The van der Waals surface area contributed by atoms with Crippen molar-refractivity contribution in [3.05, 3.63) is 30.2 Å². The number of urea groups is 1. The third kappa shape index (κ3) is 5.41. The van der Waals surface area contributed by atoms with Gasteiger partial charge in [-0.1, -0.05) is 0 Å². The Morgan fingerprint density at radius 3 is 2.72 bits per heavy atom. The number of pyridine rings is 1. The number of ether oxygens (including phenoxy) is 1. The van der Waals surface area contributed by atoms with E-state index in [9.17, 15) is 27.9 Å². The fourth-order valence-corrected chi connectivity index (χ4v) is 3.81. The average Bonchev–Trinajstić information content (AvgIpc) is 3.26. The number of aromatic nitrogens is 3. The number of carbonyl (C=O) groups is 2. The molecule has 194 valence electrons. The lowest BCUT2D eigenvalue weighted by atomic mass is 10.1. The lowest BCUT2D eigenvalue weighted by Gasteiger charge is -2.35. The first-order valence-electron chi connectivity index (χ1n) is 11.0. The van der Waals surface area contributed by atoms with Gasteiger partial charge in [-0.25, -0.2) is 19.7 Å². The molecule has 36 heavy (non-hydrogen) atoms. The molecule has 2 unspecified atom stereocenters. The molecule has 2 aromatic heterocycles. The van der Waals surface area contributed by atoms with Gasteiger partial charge in [0, 0.05) is 13.1 Å². The number of aliphatic hydroxyl groups excluding tert-OH is 2. The summed E-state index contributed by atoms with van der Waals surface area (Å²) in [6.07, 6.45) is -2.60. The monoisotopic (exact) mass is 511 g/mol. The van der Waals surface area contributed by atoms with E-state index in [1.165, 1.54) is 23.4 Å². The average molecular weight is 511 g/mol. The van der Waals surface area contributed by atoms with E-state index in [1.807, 2.05) is 10.2 Å². The standard InChI is InChI=1S/C21H24F3N7O5/c1-11(21(22,23)24)27-19(34)14-2-3-15-18(28-14)31(12-4-5-30(15)8-12)20(35)29-16-6-26-17(7-25-16)36-10-13(33)9-32/h2-3,6-7,11-13,32-33H,4-5,8-10H2,1H3,(H,27,34)(H,25,29,35)/t11?,12-,13?/m0/s1. The first kappa shape index (κ1) is 25.4. The second-order valence-corrected chi connectivity index (χ2v) is 8.35. The van der Waals surface area contributed by atoms with Gasteiger partial charge in [-0.2, -0.15) is 13.2 Å². The lowest BCUT2D eigenvalue weighted by Crippen LogP contribution is -2.49. The summed E-state index contributed by atoms with van der Waals surface area (Å²) in [5, 5.41) is 22.6. The Hall–Kier alpha value is -3.72. The second kappa shape index (κ2) is 10.1. The Morgan fingerprint density at radius 2 is 2.06 bits per heavy atom. The lowest BCUT2D eigenvalue weighted by molar-refractivity contribution is -0.149. The highest BCUT2D eigenvalue weighted by molar-refractivity contribution is 6.05. The summed E-state index contributed by atoms with van der Waals surface area (Å²) in [4.78, 5) is 41.2. The molecule has 0 aliphatic carbocycles. The van der Waals surface area contributed by atoms with Crippen LogP contribution in [0.5, 0.6) is 5.88 Å². The van der Waals surface area contributed by atoms with E-state index in [1.54, 1.807) is 6.07 Å². The van der Waals surface area contributed by atoms with Crippen LogP contribution in [0.3, 0.4) is 0 Å². The van der Waals surface area contributed by atoms with Crippen LogP contribution >= 0.6 is 0 Å². The van der Waals surface area contributed by atoms with Gasteiger partial charge in [-0.05, 0) is 25.5 Å². The van der Waals surface area contributed by atoms with Gasteiger partial charge in [-0.15, -0.1) is 0 Å². The van der Waals surface area contributed by atoms with Crippen molar-refractivity contribution in [2.75, 3.05) is 41.4 Å². The number of alkyl halides is 3. The number of rotatable bonds is 7. The quantitative estimate of drug-likeness (QED) is 0.425. The van der Waals surface area contributed by atoms with Crippen LogP contribution in [0.25, 0.3) is 0 Å². The van der Waals surface area contributed by atoms with E-state index in [0.717, 1.165) is 6.92 Å². The van der Waals surface area contributed by atoms with E-state index in [0.29, 0.717) is 25.2 Å². The first-order valence-corrected chi connectivity index (χ1v) is 11.0. The Balaban J connectivity index is 1.51. The zero-order chi connectivity index (χ0) is 26.0. The molecule has 2 aromatic rings. The van der Waals surface area contributed by atoms with Crippen molar-refractivity contribution in [2.45, 2.75) is 37.7 Å². The van der Waals surface area contributed by atoms with Crippen LogP contribution in [0.15, 0.2) is 24.5 Å². The van der Waals surface area contributed by atoms with E-state index in [-0.39, 0.29) is 35.9 Å². The largest absolute Gasteiger partial charge is 0.474 e. The predicted octanol–water partition coefficient (Wildman–Crippen LogP) is 0.915. The molecule has 1 saturated heterocycles. The minimum absolute atomic E-state index is 0.0701. The Labute approximate surface area is 203 Å². The number of halogens is 3. The maximum atomic E-state index is 13.2. The van der Waals surface area contributed by atoms with Crippen LogP contribution in [0.4, 0.5) is 35.3 Å². The third-order valence-corrected chi connectivity index (χ3v) is 5.74. The molecule has 0 aromatic carbocycles. The van der Waals surface area contributed by atoms with Gasteiger partial charge < -0.3 is 25.2 Å². The van der Waals surface area contributed by atoms with Crippen molar-refractivity contribution < 1.29 is 37.7 Å². The van der Waals surface area contributed by atoms with E-state index in [4.69, 9.17) is 9.84 Å². The van der Waals surface area contributed by atoms with Gasteiger partial charge in [0.1, 0.15) is 24.4 Å². The van der Waals surface area contributed by atoms with Crippen molar-refractivity contribution in [1.82, 2.24) is 20.3 Å². The number of amides is 3. The molecule has 0 radical (unpaired) electrons. The molecule has 3 atom stereocenters. The molecular weight excluding hydrogens is 487 g/mol. The molecular formula is C21H24F3N7O5. The zero-order valence-corrected chi connectivity index (χ0v) is 19.1. The summed E-state index contributed by atoms with van der Waals surface area (Å²) >= 11 is 0. The number of anilines is 3. The summed E-state index contributed by atoms with van der Waals surface area (Å²) in [5.41, 5.74) is 0.327. The fraction of sp³-hybridized carbons (Fsp3) is 0.476. The van der Waals surface area contributed by atoms with Crippen molar-refractivity contribution in [1.29, 1.82) is 0 Å². The van der Waals surface area contributed by atoms with E-state index in [2.05, 4.69) is 20.3 Å². The molecule has 4 N–H and O–H groups in total. The van der Waals surface area contributed by atoms with Crippen LogP contribution in [0.1, 0.15) is 23.8 Å². The number of aliphatic hydroxyl groups is 2. The highest BCUT2D eigenvalue weighted by Crippen LogP contribution is 2.39. The van der Waals surface area contributed by atoms with Crippen LogP contribution in [0.2, 0.25) is 0 Å². The first-order chi connectivity index (χ1) is 17.1. The molecule has 0 saturated carbocycles. The van der Waals surface area contributed by atoms with Crippen molar-refractivity contribution in [2.24, 2.45) is 0 Å². The molecule has 0 spiro atoms. The maximum absolute atomic E-state index is 13.2. The van der Waals surface area contributed by atoms with Gasteiger partial charge in [0.05, 0.1) is 30.7 Å². The minimum Gasteiger partial charge on any atom is -0.474 e. The van der Waals surface area contributed by atoms with E-state index >= 15 is 0 Å². The van der Waals surface area contributed by atoms with Crippen molar-refractivity contribution >= 4 is 29.3 Å². The molecule has 1 fully saturated rings.